The summed E-state index contributed by atoms with van der Waals surface area (Å²) < 4.78 is 1.23. The summed E-state index contributed by atoms with van der Waals surface area (Å²) in [6.45, 7) is 13.5. The molecule has 0 saturated carbocycles. The highest BCUT2D eigenvalue weighted by atomic mass is 79.9. The molecule has 0 amide bonds. The lowest BCUT2D eigenvalue weighted by Gasteiger charge is -2.42. The number of nitrogens with one attached hydrogen (secondary N) is 1. The number of rotatable bonds is 4. The van der Waals surface area contributed by atoms with Crippen LogP contribution < -0.4 is 5.32 Å². The molecule has 1 fully saturated rings. The van der Waals surface area contributed by atoms with Gasteiger partial charge in [-0.3, -0.25) is 9.80 Å². The summed E-state index contributed by atoms with van der Waals surface area (Å²) in [5, 5.41) is 3.19. The Labute approximate surface area is 137 Å². The molecule has 1 aromatic carbocycles. The van der Waals surface area contributed by atoms with Crippen LogP contribution in [0, 0.1) is 0 Å². The standard InChI is InChI=1S/C17H28BrN3/c1-17(2,3)21-9-7-20(8-10-21)13-15-6-5-14(12-19-4)11-16(15)18/h5-6,11,19H,7-10,12-13H2,1-4H3. The van der Waals surface area contributed by atoms with Crippen LogP contribution in [0.25, 0.3) is 0 Å². The molecule has 1 N–H and O–H groups in total. The minimum atomic E-state index is 0.293. The molecule has 0 aliphatic carbocycles. The molecule has 0 aromatic heterocycles. The highest BCUT2D eigenvalue weighted by molar-refractivity contribution is 9.10. The summed E-state index contributed by atoms with van der Waals surface area (Å²) in [4.78, 5) is 5.13. The van der Waals surface area contributed by atoms with E-state index in [4.69, 9.17) is 0 Å². The molecule has 3 nitrogen and oxygen atoms in total. The van der Waals surface area contributed by atoms with Gasteiger partial charge in [-0.1, -0.05) is 28.1 Å². The quantitative estimate of drug-likeness (QED) is 0.897. The smallest absolute Gasteiger partial charge is 0.0246 e. The highest BCUT2D eigenvalue weighted by Crippen LogP contribution is 2.22. The van der Waals surface area contributed by atoms with Gasteiger partial charge in [0.2, 0.25) is 0 Å². The van der Waals surface area contributed by atoms with Crippen molar-refractivity contribution in [3.05, 3.63) is 33.8 Å². The maximum Gasteiger partial charge on any atom is 0.0246 e. The number of hydrogen-bond donors (Lipinski definition) is 1. The van der Waals surface area contributed by atoms with Crippen LogP contribution in [0.2, 0.25) is 0 Å². The van der Waals surface area contributed by atoms with E-state index in [1.54, 1.807) is 0 Å². The molecule has 1 heterocycles. The largest absolute Gasteiger partial charge is 0.316 e. The van der Waals surface area contributed by atoms with E-state index in [9.17, 15) is 0 Å². The Morgan fingerprint density at radius 2 is 1.81 bits per heavy atom. The van der Waals surface area contributed by atoms with Crippen LogP contribution in [0.4, 0.5) is 0 Å². The van der Waals surface area contributed by atoms with Gasteiger partial charge in [-0.2, -0.15) is 0 Å². The van der Waals surface area contributed by atoms with Crippen LogP contribution in [0.1, 0.15) is 31.9 Å². The predicted molar refractivity (Wildman–Crippen MR) is 93.5 cm³/mol. The van der Waals surface area contributed by atoms with Crippen molar-refractivity contribution in [2.24, 2.45) is 0 Å². The van der Waals surface area contributed by atoms with Crippen LogP contribution in [0.3, 0.4) is 0 Å². The third-order valence-electron chi connectivity index (χ3n) is 4.21. The molecular formula is C17H28BrN3. The lowest BCUT2D eigenvalue weighted by molar-refractivity contribution is 0.0590. The lowest BCUT2D eigenvalue weighted by Crippen LogP contribution is -2.53. The van der Waals surface area contributed by atoms with Crippen LogP contribution in [0.15, 0.2) is 22.7 Å². The Balaban J connectivity index is 1.92. The number of benzene rings is 1. The minimum absolute atomic E-state index is 0.293. The van der Waals surface area contributed by atoms with E-state index in [1.807, 2.05) is 7.05 Å². The monoisotopic (exact) mass is 353 g/mol. The molecule has 0 radical (unpaired) electrons. The lowest BCUT2D eigenvalue weighted by atomic mass is 10.0. The van der Waals surface area contributed by atoms with E-state index in [0.29, 0.717) is 5.54 Å². The molecule has 1 aromatic rings. The van der Waals surface area contributed by atoms with Crippen molar-refractivity contribution in [1.82, 2.24) is 15.1 Å². The summed E-state index contributed by atoms with van der Waals surface area (Å²) in [6, 6.07) is 6.71. The van der Waals surface area contributed by atoms with Crippen molar-refractivity contribution >= 4 is 15.9 Å². The molecule has 0 bridgehead atoms. The van der Waals surface area contributed by atoms with Crippen molar-refractivity contribution in [1.29, 1.82) is 0 Å². The Bertz CT molecular complexity index is 460. The second kappa shape index (κ2) is 7.23. The maximum absolute atomic E-state index is 3.72. The summed E-state index contributed by atoms with van der Waals surface area (Å²) in [7, 11) is 1.98. The van der Waals surface area contributed by atoms with Crippen molar-refractivity contribution in [2.75, 3.05) is 33.2 Å². The second-order valence-corrected chi connectivity index (χ2v) is 7.74. The highest BCUT2D eigenvalue weighted by Gasteiger charge is 2.25. The van der Waals surface area contributed by atoms with E-state index in [0.717, 1.165) is 26.2 Å². The van der Waals surface area contributed by atoms with Gasteiger partial charge >= 0.3 is 0 Å². The van der Waals surface area contributed by atoms with Gasteiger partial charge in [0.05, 0.1) is 0 Å². The zero-order valence-electron chi connectivity index (χ0n) is 13.7. The number of piperazine rings is 1. The maximum atomic E-state index is 3.72. The average molecular weight is 354 g/mol. The molecule has 118 valence electrons. The van der Waals surface area contributed by atoms with E-state index in [1.165, 1.54) is 28.7 Å². The second-order valence-electron chi connectivity index (χ2n) is 6.89. The minimum Gasteiger partial charge on any atom is -0.316 e. The molecule has 21 heavy (non-hydrogen) atoms. The van der Waals surface area contributed by atoms with Crippen LogP contribution in [0.5, 0.6) is 0 Å². The topological polar surface area (TPSA) is 18.5 Å². The SMILES string of the molecule is CNCc1ccc(CN2CCN(C(C)(C)C)CC2)c(Br)c1. The van der Waals surface area contributed by atoms with Gasteiger partial charge in [-0.25, -0.2) is 0 Å². The first-order valence-electron chi connectivity index (χ1n) is 7.79. The van der Waals surface area contributed by atoms with Gasteiger partial charge in [0.25, 0.3) is 0 Å². The van der Waals surface area contributed by atoms with E-state index >= 15 is 0 Å². The van der Waals surface area contributed by atoms with E-state index in [2.05, 4.69) is 70.0 Å². The van der Waals surface area contributed by atoms with Crippen molar-refractivity contribution < 1.29 is 0 Å². The van der Waals surface area contributed by atoms with Crippen molar-refractivity contribution in [3.63, 3.8) is 0 Å². The normalized spacial score (nSPS) is 18.1. The fourth-order valence-electron chi connectivity index (χ4n) is 2.85. The fourth-order valence-corrected chi connectivity index (χ4v) is 3.40. The number of hydrogen-bond acceptors (Lipinski definition) is 3. The zero-order chi connectivity index (χ0) is 15.5. The van der Waals surface area contributed by atoms with Crippen LogP contribution >= 0.6 is 15.9 Å². The molecule has 1 aliphatic rings. The average Bonchev–Trinajstić information content (AvgIpc) is 2.42. The van der Waals surface area contributed by atoms with Gasteiger partial charge in [-0.05, 0) is 45.0 Å². The van der Waals surface area contributed by atoms with Gasteiger partial charge < -0.3 is 5.32 Å². The molecule has 2 rings (SSSR count). The Hall–Kier alpha value is -0.420. The Kier molecular flexibility index (Phi) is 5.83. The third-order valence-corrected chi connectivity index (χ3v) is 4.95. The van der Waals surface area contributed by atoms with E-state index < -0.39 is 0 Å². The first-order valence-corrected chi connectivity index (χ1v) is 8.59. The third kappa shape index (κ3) is 4.78. The summed E-state index contributed by atoms with van der Waals surface area (Å²) in [6.07, 6.45) is 0. The summed E-state index contributed by atoms with van der Waals surface area (Å²) in [5.41, 5.74) is 3.01. The Morgan fingerprint density at radius 1 is 1.14 bits per heavy atom. The van der Waals surface area contributed by atoms with Gasteiger partial charge in [0.15, 0.2) is 0 Å². The molecule has 4 heteroatoms. The first-order chi connectivity index (χ1) is 9.90. The molecule has 1 saturated heterocycles. The Morgan fingerprint density at radius 3 is 2.33 bits per heavy atom. The van der Waals surface area contributed by atoms with Gasteiger partial charge in [-0.15, -0.1) is 0 Å². The van der Waals surface area contributed by atoms with Crippen LogP contribution in [-0.2, 0) is 13.1 Å². The number of nitrogens with zero attached hydrogens (tertiary/aromatic N) is 2. The number of halogens is 1. The van der Waals surface area contributed by atoms with Gasteiger partial charge in [0, 0.05) is 49.3 Å². The summed E-state index contributed by atoms with van der Waals surface area (Å²) >= 11 is 3.72. The fraction of sp³-hybridized carbons (Fsp3) is 0.647. The van der Waals surface area contributed by atoms with Crippen molar-refractivity contribution in [3.8, 4) is 0 Å². The molecule has 0 spiro atoms. The molecular weight excluding hydrogens is 326 g/mol. The molecule has 0 unspecified atom stereocenters. The van der Waals surface area contributed by atoms with Crippen LogP contribution in [-0.4, -0.2) is 48.6 Å². The predicted octanol–water partition coefficient (Wildman–Crippen LogP) is 3.08. The molecule has 0 atom stereocenters. The summed E-state index contributed by atoms with van der Waals surface area (Å²) in [5.74, 6) is 0. The van der Waals surface area contributed by atoms with E-state index in [-0.39, 0.29) is 0 Å². The molecule has 1 aliphatic heterocycles. The first kappa shape index (κ1) is 16.9. The zero-order valence-corrected chi connectivity index (χ0v) is 15.3. The van der Waals surface area contributed by atoms with Crippen molar-refractivity contribution in [2.45, 2.75) is 39.4 Å². The van der Waals surface area contributed by atoms with Gasteiger partial charge in [0.1, 0.15) is 0 Å².